The third kappa shape index (κ3) is 3.75. The van der Waals surface area contributed by atoms with Gasteiger partial charge in [0, 0.05) is 12.8 Å². The third-order valence-electron chi connectivity index (χ3n) is 4.10. The van der Waals surface area contributed by atoms with Gasteiger partial charge in [-0.3, -0.25) is 10.1 Å². The van der Waals surface area contributed by atoms with Gasteiger partial charge in [-0.1, -0.05) is 13.0 Å². The lowest BCUT2D eigenvalue weighted by Gasteiger charge is -2.34. The first-order chi connectivity index (χ1) is 10.2. The lowest BCUT2D eigenvalue weighted by atomic mass is 9.81. The summed E-state index contributed by atoms with van der Waals surface area (Å²) in [6.07, 6.45) is 2.92. The monoisotopic (exact) mass is 327 g/mol. The Balaban J connectivity index is 2.29. The summed E-state index contributed by atoms with van der Waals surface area (Å²) in [6, 6.07) is 4.35. The van der Waals surface area contributed by atoms with Crippen LogP contribution in [0.2, 0.25) is 0 Å². The number of nitro benzene ring substituents is 1. The smallest absolute Gasteiger partial charge is 0.310 e. The molecule has 1 aliphatic rings. The summed E-state index contributed by atoms with van der Waals surface area (Å²) in [5.74, 6) is 0. The standard InChI is InChI=1S/C14H21N3O4S/c1-14(6-8-15-9-7-14)10-16-11-4-3-5-12(22(2,20)21)13(11)17(18)19/h3-5,15-16H,6-10H2,1-2H3. The van der Waals surface area contributed by atoms with E-state index in [9.17, 15) is 18.5 Å². The lowest BCUT2D eigenvalue weighted by molar-refractivity contribution is -0.386. The number of hydrogen-bond acceptors (Lipinski definition) is 6. The molecule has 2 N–H and O–H groups in total. The lowest BCUT2D eigenvalue weighted by Crippen LogP contribution is -2.39. The molecule has 0 spiro atoms. The molecule has 0 saturated carbocycles. The van der Waals surface area contributed by atoms with Crippen LogP contribution in [0.25, 0.3) is 0 Å². The second-order valence-corrected chi connectivity index (χ2v) is 8.08. The van der Waals surface area contributed by atoms with Gasteiger partial charge in [0.05, 0.1) is 4.92 Å². The Hall–Kier alpha value is -1.67. The van der Waals surface area contributed by atoms with E-state index < -0.39 is 14.8 Å². The van der Waals surface area contributed by atoms with E-state index in [1.54, 1.807) is 6.07 Å². The highest BCUT2D eigenvalue weighted by molar-refractivity contribution is 7.90. The van der Waals surface area contributed by atoms with E-state index in [-0.39, 0.29) is 21.7 Å². The summed E-state index contributed by atoms with van der Waals surface area (Å²) in [6.45, 7) is 4.54. The molecule has 1 fully saturated rings. The Morgan fingerprint density at radius 2 is 2.00 bits per heavy atom. The quantitative estimate of drug-likeness (QED) is 0.631. The number of nitro groups is 1. The minimum absolute atomic E-state index is 0.0419. The topological polar surface area (TPSA) is 101 Å². The van der Waals surface area contributed by atoms with E-state index in [1.165, 1.54) is 12.1 Å². The van der Waals surface area contributed by atoms with E-state index >= 15 is 0 Å². The molecule has 122 valence electrons. The summed E-state index contributed by atoms with van der Waals surface area (Å²) in [5.41, 5.74) is -0.0737. The number of sulfone groups is 1. The van der Waals surface area contributed by atoms with Gasteiger partial charge in [0.25, 0.3) is 0 Å². The molecule has 0 aromatic heterocycles. The molecule has 1 saturated heterocycles. The van der Waals surface area contributed by atoms with E-state index in [4.69, 9.17) is 0 Å². The zero-order valence-electron chi connectivity index (χ0n) is 12.8. The highest BCUT2D eigenvalue weighted by Crippen LogP contribution is 2.34. The van der Waals surface area contributed by atoms with Gasteiger partial charge >= 0.3 is 5.69 Å². The molecule has 8 heteroatoms. The van der Waals surface area contributed by atoms with Crippen LogP contribution in [0.4, 0.5) is 11.4 Å². The zero-order valence-corrected chi connectivity index (χ0v) is 13.6. The molecule has 7 nitrogen and oxygen atoms in total. The van der Waals surface area contributed by atoms with E-state index in [0.717, 1.165) is 32.2 Å². The van der Waals surface area contributed by atoms with E-state index in [0.29, 0.717) is 6.54 Å². The second kappa shape index (κ2) is 6.21. The first-order valence-electron chi connectivity index (χ1n) is 7.15. The van der Waals surface area contributed by atoms with Crippen LogP contribution in [0.15, 0.2) is 23.1 Å². The van der Waals surface area contributed by atoms with Crippen molar-refractivity contribution in [2.75, 3.05) is 31.2 Å². The van der Waals surface area contributed by atoms with Crippen LogP contribution in [-0.4, -0.2) is 39.2 Å². The molecular formula is C14H21N3O4S. The normalized spacial score (nSPS) is 17.9. The minimum Gasteiger partial charge on any atom is -0.379 e. The Labute approximate surface area is 130 Å². The average molecular weight is 327 g/mol. The SMILES string of the molecule is CC1(CNc2cccc(S(C)(=O)=O)c2[N+](=O)[O-])CCNCC1. The predicted molar refractivity (Wildman–Crippen MR) is 84.9 cm³/mol. The number of hydrogen-bond donors (Lipinski definition) is 2. The van der Waals surface area contributed by atoms with Gasteiger partial charge in [-0.2, -0.15) is 0 Å². The van der Waals surface area contributed by atoms with Gasteiger partial charge in [0.15, 0.2) is 9.84 Å². The molecular weight excluding hydrogens is 306 g/mol. The highest BCUT2D eigenvalue weighted by atomic mass is 32.2. The summed E-state index contributed by atoms with van der Waals surface area (Å²) >= 11 is 0. The maximum atomic E-state index is 11.7. The number of para-hydroxylation sites is 1. The van der Waals surface area contributed by atoms with Crippen molar-refractivity contribution >= 4 is 21.2 Å². The molecule has 1 aromatic rings. The number of benzene rings is 1. The van der Waals surface area contributed by atoms with Gasteiger partial charge in [0.1, 0.15) is 10.6 Å². The summed E-state index contributed by atoms with van der Waals surface area (Å²) in [5, 5.41) is 17.7. The van der Waals surface area contributed by atoms with Crippen molar-refractivity contribution in [2.45, 2.75) is 24.7 Å². The Bertz CT molecular complexity index is 667. The van der Waals surface area contributed by atoms with Crippen molar-refractivity contribution in [1.82, 2.24) is 5.32 Å². The van der Waals surface area contributed by atoms with Gasteiger partial charge in [-0.05, 0) is 43.5 Å². The zero-order chi connectivity index (χ0) is 16.4. The molecule has 0 radical (unpaired) electrons. The Kier molecular flexibility index (Phi) is 4.72. The fourth-order valence-corrected chi connectivity index (χ4v) is 3.53. The molecule has 1 aromatic carbocycles. The van der Waals surface area contributed by atoms with Gasteiger partial charge in [-0.15, -0.1) is 0 Å². The number of nitrogens with one attached hydrogen (secondary N) is 2. The maximum absolute atomic E-state index is 11.7. The average Bonchev–Trinajstić information content (AvgIpc) is 2.44. The van der Waals surface area contributed by atoms with Crippen molar-refractivity contribution in [3.05, 3.63) is 28.3 Å². The molecule has 2 rings (SSSR count). The second-order valence-electron chi connectivity index (χ2n) is 6.10. The molecule has 0 atom stereocenters. The van der Waals surface area contributed by atoms with Crippen LogP contribution in [-0.2, 0) is 9.84 Å². The molecule has 0 aliphatic carbocycles. The van der Waals surface area contributed by atoms with Crippen LogP contribution >= 0.6 is 0 Å². The summed E-state index contributed by atoms with van der Waals surface area (Å²) in [7, 11) is -3.65. The largest absolute Gasteiger partial charge is 0.379 e. The van der Waals surface area contributed by atoms with Crippen LogP contribution < -0.4 is 10.6 Å². The van der Waals surface area contributed by atoms with Crippen molar-refractivity contribution in [3.63, 3.8) is 0 Å². The maximum Gasteiger partial charge on any atom is 0.310 e. The minimum atomic E-state index is -3.65. The number of nitrogens with zero attached hydrogens (tertiary/aromatic N) is 1. The Morgan fingerprint density at radius 1 is 1.36 bits per heavy atom. The van der Waals surface area contributed by atoms with Crippen LogP contribution in [0.1, 0.15) is 19.8 Å². The van der Waals surface area contributed by atoms with Gasteiger partial charge in [0.2, 0.25) is 0 Å². The van der Waals surface area contributed by atoms with Crippen LogP contribution in [0.5, 0.6) is 0 Å². The molecule has 0 amide bonds. The van der Waals surface area contributed by atoms with E-state index in [2.05, 4.69) is 17.6 Å². The molecule has 0 bridgehead atoms. The molecule has 0 unspecified atom stereocenters. The molecule has 1 aliphatic heterocycles. The summed E-state index contributed by atoms with van der Waals surface area (Å²) in [4.78, 5) is 10.4. The number of piperidine rings is 1. The fourth-order valence-electron chi connectivity index (χ4n) is 2.67. The number of anilines is 1. The van der Waals surface area contributed by atoms with Gasteiger partial charge in [-0.25, -0.2) is 8.42 Å². The van der Waals surface area contributed by atoms with Crippen molar-refractivity contribution in [3.8, 4) is 0 Å². The van der Waals surface area contributed by atoms with Crippen molar-refractivity contribution in [2.24, 2.45) is 5.41 Å². The summed E-state index contributed by atoms with van der Waals surface area (Å²) < 4.78 is 23.5. The molecule has 1 heterocycles. The van der Waals surface area contributed by atoms with Crippen molar-refractivity contribution < 1.29 is 13.3 Å². The van der Waals surface area contributed by atoms with Gasteiger partial charge < -0.3 is 10.6 Å². The highest BCUT2D eigenvalue weighted by Gasteiger charge is 2.29. The van der Waals surface area contributed by atoms with E-state index in [1.807, 2.05) is 0 Å². The number of rotatable bonds is 5. The first-order valence-corrected chi connectivity index (χ1v) is 9.04. The fraction of sp³-hybridized carbons (Fsp3) is 0.571. The predicted octanol–water partition coefficient (Wildman–Crippen LogP) is 1.80. The van der Waals surface area contributed by atoms with Crippen LogP contribution in [0, 0.1) is 15.5 Å². The van der Waals surface area contributed by atoms with Crippen molar-refractivity contribution in [1.29, 1.82) is 0 Å². The third-order valence-corrected chi connectivity index (χ3v) is 5.23. The van der Waals surface area contributed by atoms with Crippen LogP contribution in [0.3, 0.4) is 0 Å². The Morgan fingerprint density at radius 3 is 2.55 bits per heavy atom. The molecule has 22 heavy (non-hydrogen) atoms. The first kappa shape index (κ1) is 16.7.